The summed E-state index contributed by atoms with van der Waals surface area (Å²) in [5.74, 6) is 0.00185. The van der Waals surface area contributed by atoms with Crippen molar-refractivity contribution in [2.45, 2.75) is 5.88 Å². The summed E-state index contributed by atoms with van der Waals surface area (Å²) in [6.07, 6.45) is 1.41. The molecule has 1 heterocycles. The Hall–Kier alpha value is 0.100. The third-order valence-corrected chi connectivity index (χ3v) is 2.43. The molecule has 0 aromatic carbocycles. The van der Waals surface area contributed by atoms with Crippen LogP contribution in [0.15, 0.2) is 12.3 Å². The molecule has 1 nitrogen and oxygen atoms in total. The molecule has 54 valence electrons. The zero-order valence-corrected chi connectivity index (χ0v) is 7.86. The van der Waals surface area contributed by atoms with Gasteiger partial charge in [-0.15, -0.1) is 11.6 Å². The van der Waals surface area contributed by atoms with Gasteiger partial charge in [-0.05, 0) is 28.7 Å². The van der Waals surface area contributed by atoms with Gasteiger partial charge in [0.05, 0.1) is 15.1 Å². The van der Waals surface area contributed by atoms with Gasteiger partial charge in [-0.2, -0.15) is 0 Å². The van der Waals surface area contributed by atoms with Gasteiger partial charge in [0.2, 0.25) is 0 Å². The summed E-state index contributed by atoms with van der Waals surface area (Å²) in [6, 6.07) is 1.32. The molecule has 0 atom stereocenters. The molecular formula is C6H4ClFIN. The van der Waals surface area contributed by atoms with Crippen LogP contribution in [-0.4, -0.2) is 4.98 Å². The Labute approximate surface area is 76.7 Å². The third-order valence-electron chi connectivity index (χ3n) is 1.04. The highest BCUT2D eigenvalue weighted by molar-refractivity contribution is 14.1. The monoisotopic (exact) mass is 271 g/mol. The van der Waals surface area contributed by atoms with Crippen molar-refractivity contribution >= 4 is 34.2 Å². The Bertz CT molecular complexity index is 241. The summed E-state index contributed by atoms with van der Waals surface area (Å²) < 4.78 is 13.2. The highest BCUT2D eigenvalue weighted by Gasteiger charge is 2.03. The van der Waals surface area contributed by atoms with Crippen molar-refractivity contribution in [2.75, 3.05) is 0 Å². The van der Waals surface area contributed by atoms with Crippen LogP contribution in [0.3, 0.4) is 0 Å². The summed E-state index contributed by atoms with van der Waals surface area (Å²) in [7, 11) is 0. The van der Waals surface area contributed by atoms with Crippen molar-refractivity contribution in [1.29, 1.82) is 0 Å². The van der Waals surface area contributed by atoms with Crippen LogP contribution in [0.1, 0.15) is 5.69 Å². The average Bonchev–Trinajstić information content (AvgIpc) is 1.95. The largest absolute Gasteiger partial charge is 0.259 e. The lowest BCUT2D eigenvalue weighted by Crippen LogP contribution is -1.92. The molecule has 0 saturated carbocycles. The molecule has 0 unspecified atom stereocenters. The molecule has 0 N–H and O–H groups in total. The molecule has 1 rings (SSSR count). The number of rotatable bonds is 1. The summed E-state index contributed by atoms with van der Waals surface area (Å²) in [4.78, 5) is 3.88. The minimum atomic E-state index is -0.258. The molecular weight excluding hydrogens is 267 g/mol. The number of nitrogens with zero attached hydrogens (tertiary/aromatic N) is 1. The van der Waals surface area contributed by atoms with E-state index < -0.39 is 0 Å². The lowest BCUT2D eigenvalue weighted by Gasteiger charge is -1.97. The quantitative estimate of drug-likeness (QED) is 0.565. The Morgan fingerprint density at radius 2 is 2.40 bits per heavy atom. The van der Waals surface area contributed by atoms with Gasteiger partial charge >= 0.3 is 0 Å². The van der Waals surface area contributed by atoms with E-state index in [0.717, 1.165) is 0 Å². The molecule has 0 spiro atoms. The van der Waals surface area contributed by atoms with Gasteiger partial charge in [0.1, 0.15) is 5.82 Å². The normalized spacial score (nSPS) is 9.90. The molecule has 1 aromatic rings. The van der Waals surface area contributed by atoms with E-state index in [1.54, 1.807) is 0 Å². The molecule has 0 aliphatic rings. The second kappa shape index (κ2) is 3.48. The van der Waals surface area contributed by atoms with Crippen molar-refractivity contribution in [3.63, 3.8) is 0 Å². The molecule has 10 heavy (non-hydrogen) atoms. The van der Waals surface area contributed by atoms with Crippen molar-refractivity contribution in [3.05, 3.63) is 27.3 Å². The first-order chi connectivity index (χ1) is 4.75. The SMILES string of the molecule is Fc1ccnc(CCl)c1I. The molecule has 0 bridgehead atoms. The fourth-order valence-corrected chi connectivity index (χ4v) is 1.49. The predicted molar refractivity (Wildman–Crippen MR) is 46.5 cm³/mol. The summed E-state index contributed by atoms with van der Waals surface area (Å²) in [5.41, 5.74) is 0.599. The van der Waals surface area contributed by atoms with Gasteiger partial charge in [-0.25, -0.2) is 4.39 Å². The van der Waals surface area contributed by atoms with E-state index in [1.807, 2.05) is 22.6 Å². The van der Waals surface area contributed by atoms with Gasteiger partial charge in [-0.1, -0.05) is 0 Å². The first-order valence-corrected chi connectivity index (χ1v) is 4.22. The van der Waals surface area contributed by atoms with E-state index in [-0.39, 0.29) is 11.7 Å². The smallest absolute Gasteiger partial charge is 0.139 e. The molecule has 1 aromatic heterocycles. The standard InChI is InChI=1S/C6H4ClFIN/c7-3-5-6(9)4(8)1-2-10-5/h1-2H,3H2. The molecule has 0 amide bonds. The van der Waals surface area contributed by atoms with E-state index in [2.05, 4.69) is 4.98 Å². The van der Waals surface area contributed by atoms with Crippen LogP contribution in [0.4, 0.5) is 4.39 Å². The number of aromatic nitrogens is 1. The highest BCUT2D eigenvalue weighted by Crippen LogP contribution is 2.14. The van der Waals surface area contributed by atoms with E-state index in [1.165, 1.54) is 12.3 Å². The van der Waals surface area contributed by atoms with E-state index in [4.69, 9.17) is 11.6 Å². The maximum atomic E-state index is 12.7. The zero-order chi connectivity index (χ0) is 7.56. The lowest BCUT2D eigenvalue weighted by molar-refractivity contribution is 0.615. The van der Waals surface area contributed by atoms with Gasteiger partial charge in [-0.3, -0.25) is 4.98 Å². The lowest BCUT2D eigenvalue weighted by atomic mass is 10.4. The van der Waals surface area contributed by atoms with Crippen molar-refractivity contribution < 1.29 is 4.39 Å². The fraction of sp³-hybridized carbons (Fsp3) is 0.167. The van der Waals surface area contributed by atoms with Crippen molar-refractivity contribution in [1.82, 2.24) is 4.98 Å². The molecule has 0 radical (unpaired) electrons. The fourth-order valence-electron chi connectivity index (χ4n) is 0.554. The number of hydrogen-bond donors (Lipinski definition) is 0. The van der Waals surface area contributed by atoms with Crippen LogP contribution >= 0.6 is 34.2 Å². The maximum Gasteiger partial charge on any atom is 0.139 e. The van der Waals surface area contributed by atoms with Crippen LogP contribution in [0, 0.1) is 9.39 Å². The van der Waals surface area contributed by atoms with Crippen LogP contribution in [0.25, 0.3) is 0 Å². The Morgan fingerprint density at radius 3 is 2.90 bits per heavy atom. The Kier molecular flexibility index (Phi) is 2.85. The minimum absolute atomic E-state index is 0.258. The minimum Gasteiger partial charge on any atom is -0.259 e. The van der Waals surface area contributed by atoms with E-state index in [9.17, 15) is 4.39 Å². The molecule has 4 heteroatoms. The topological polar surface area (TPSA) is 12.9 Å². The van der Waals surface area contributed by atoms with E-state index >= 15 is 0 Å². The first kappa shape index (κ1) is 8.20. The van der Waals surface area contributed by atoms with Crippen LogP contribution in [0.5, 0.6) is 0 Å². The average molecular weight is 271 g/mol. The van der Waals surface area contributed by atoms with Crippen LogP contribution in [-0.2, 0) is 5.88 Å². The predicted octanol–water partition coefficient (Wildman–Crippen LogP) is 2.56. The summed E-state index contributed by atoms with van der Waals surface area (Å²) >= 11 is 7.35. The van der Waals surface area contributed by atoms with Gasteiger partial charge in [0.25, 0.3) is 0 Å². The van der Waals surface area contributed by atoms with Gasteiger partial charge in [0.15, 0.2) is 0 Å². The van der Waals surface area contributed by atoms with Crippen LogP contribution < -0.4 is 0 Å². The van der Waals surface area contributed by atoms with Gasteiger partial charge in [0, 0.05) is 6.20 Å². The highest BCUT2D eigenvalue weighted by atomic mass is 127. The molecule has 0 aliphatic heterocycles. The number of halogens is 3. The molecule has 0 fully saturated rings. The zero-order valence-electron chi connectivity index (χ0n) is 4.94. The Morgan fingerprint density at radius 1 is 1.70 bits per heavy atom. The second-order valence-electron chi connectivity index (χ2n) is 1.69. The molecule has 0 saturated heterocycles. The molecule has 0 aliphatic carbocycles. The number of hydrogen-bond acceptors (Lipinski definition) is 1. The van der Waals surface area contributed by atoms with Gasteiger partial charge < -0.3 is 0 Å². The van der Waals surface area contributed by atoms with Crippen molar-refractivity contribution in [3.8, 4) is 0 Å². The first-order valence-electron chi connectivity index (χ1n) is 2.60. The van der Waals surface area contributed by atoms with E-state index in [0.29, 0.717) is 9.26 Å². The maximum absolute atomic E-state index is 12.7. The number of alkyl halides is 1. The Balaban J connectivity index is 3.14. The number of pyridine rings is 1. The van der Waals surface area contributed by atoms with Crippen LogP contribution in [0.2, 0.25) is 0 Å². The second-order valence-corrected chi connectivity index (χ2v) is 3.03. The summed E-state index contributed by atoms with van der Waals surface area (Å²) in [6.45, 7) is 0. The summed E-state index contributed by atoms with van der Waals surface area (Å²) in [5, 5.41) is 0. The van der Waals surface area contributed by atoms with Crippen molar-refractivity contribution in [2.24, 2.45) is 0 Å². The third kappa shape index (κ3) is 1.58.